The Morgan fingerprint density at radius 1 is 1.14 bits per heavy atom. The lowest BCUT2D eigenvalue weighted by molar-refractivity contribution is 0.199. The van der Waals surface area contributed by atoms with Gasteiger partial charge in [0, 0.05) is 25.2 Å². The Morgan fingerprint density at radius 2 is 1.86 bits per heavy atom. The molecule has 0 saturated carbocycles. The zero-order valence-electron chi connectivity index (χ0n) is 12.9. The highest BCUT2D eigenvalue weighted by atomic mass is 16.5. The van der Waals surface area contributed by atoms with Gasteiger partial charge in [-0.3, -0.25) is 0 Å². The maximum Gasteiger partial charge on any atom is 0.317 e. The molecule has 0 bridgehead atoms. The quantitative estimate of drug-likeness (QED) is 0.928. The molecule has 21 heavy (non-hydrogen) atoms. The fourth-order valence-electron chi connectivity index (χ4n) is 2.58. The zero-order valence-corrected chi connectivity index (χ0v) is 12.9. The Labute approximate surface area is 126 Å². The number of methoxy groups -OCH3 is 2. The lowest BCUT2D eigenvalue weighted by atomic mass is 10.2. The third-order valence-electron chi connectivity index (χ3n) is 3.81. The standard InChI is InChI=1S/C16H24N2O3/c1-20-14-7-8-15(21-2)13(11-14)12-17-16(19)18-9-5-3-4-6-10-18/h7-8,11H,3-6,9-10,12H2,1-2H3,(H,17,19). The Balaban J connectivity index is 1.96. The molecule has 1 aromatic carbocycles. The van der Waals surface area contributed by atoms with Crippen molar-refractivity contribution in [3.05, 3.63) is 23.8 Å². The van der Waals surface area contributed by atoms with Crippen molar-refractivity contribution in [2.75, 3.05) is 27.3 Å². The zero-order chi connectivity index (χ0) is 15.1. The molecule has 1 heterocycles. The summed E-state index contributed by atoms with van der Waals surface area (Å²) in [5.74, 6) is 1.52. The van der Waals surface area contributed by atoms with Crippen molar-refractivity contribution in [2.24, 2.45) is 0 Å². The van der Waals surface area contributed by atoms with Gasteiger partial charge in [-0.15, -0.1) is 0 Å². The topological polar surface area (TPSA) is 50.8 Å². The first-order valence-corrected chi connectivity index (χ1v) is 7.48. The van der Waals surface area contributed by atoms with Gasteiger partial charge in [-0.1, -0.05) is 12.8 Å². The van der Waals surface area contributed by atoms with Gasteiger partial charge in [-0.25, -0.2) is 4.79 Å². The van der Waals surface area contributed by atoms with E-state index in [9.17, 15) is 4.79 Å². The smallest absolute Gasteiger partial charge is 0.317 e. The van der Waals surface area contributed by atoms with Crippen LogP contribution in [0.3, 0.4) is 0 Å². The summed E-state index contributed by atoms with van der Waals surface area (Å²) in [6.45, 7) is 2.14. The number of carbonyl (C=O) groups is 1. The van der Waals surface area contributed by atoms with Crippen molar-refractivity contribution in [3.63, 3.8) is 0 Å². The lowest BCUT2D eigenvalue weighted by Crippen LogP contribution is -2.40. The second-order valence-corrected chi connectivity index (χ2v) is 5.24. The van der Waals surface area contributed by atoms with Crippen LogP contribution in [0, 0.1) is 0 Å². The Bertz CT molecular complexity index is 469. The maximum atomic E-state index is 12.2. The molecule has 1 aliphatic heterocycles. The van der Waals surface area contributed by atoms with Crippen LogP contribution >= 0.6 is 0 Å². The molecular formula is C16H24N2O3. The SMILES string of the molecule is COc1ccc(OC)c(CNC(=O)N2CCCCCC2)c1. The molecule has 0 atom stereocenters. The van der Waals surface area contributed by atoms with E-state index in [0.717, 1.165) is 43.0 Å². The molecule has 2 amide bonds. The number of nitrogens with zero attached hydrogens (tertiary/aromatic N) is 1. The van der Waals surface area contributed by atoms with Crippen LogP contribution in [0.25, 0.3) is 0 Å². The van der Waals surface area contributed by atoms with Gasteiger partial charge in [0.2, 0.25) is 0 Å². The number of rotatable bonds is 4. The minimum absolute atomic E-state index is 0.00164. The molecule has 1 aliphatic rings. The summed E-state index contributed by atoms with van der Waals surface area (Å²) in [6.07, 6.45) is 4.62. The van der Waals surface area contributed by atoms with Crippen molar-refractivity contribution in [3.8, 4) is 11.5 Å². The van der Waals surface area contributed by atoms with E-state index in [2.05, 4.69) is 5.32 Å². The van der Waals surface area contributed by atoms with Gasteiger partial charge in [0.25, 0.3) is 0 Å². The fraction of sp³-hybridized carbons (Fsp3) is 0.562. The number of urea groups is 1. The van der Waals surface area contributed by atoms with Gasteiger partial charge < -0.3 is 19.7 Å². The molecule has 1 aromatic rings. The summed E-state index contributed by atoms with van der Waals surface area (Å²) in [7, 11) is 3.25. The number of benzene rings is 1. The van der Waals surface area contributed by atoms with Crippen LogP contribution in [0.2, 0.25) is 0 Å². The van der Waals surface area contributed by atoms with Crippen LogP contribution in [-0.4, -0.2) is 38.2 Å². The number of hydrogen-bond acceptors (Lipinski definition) is 3. The van der Waals surface area contributed by atoms with E-state index in [1.54, 1.807) is 14.2 Å². The fourth-order valence-corrected chi connectivity index (χ4v) is 2.58. The molecule has 0 radical (unpaired) electrons. The number of likely N-dealkylation sites (tertiary alicyclic amines) is 1. The molecule has 2 rings (SSSR count). The van der Waals surface area contributed by atoms with Crippen LogP contribution < -0.4 is 14.8 Å². The van der Waals surface area contributed by atoms with Crippen LogP contribution in [0.15, 0.2) is 18.2 Å². The van der Waals surface area contributed by atoms with Crippen molar-refractivity contribution in [1.82, 2.24) is 10.2 Å². The van der Waals surface area contributed by atoms with Crippen LogP contribution in [0.1, 0.15) is 31.2 Å². The Kier molecular flexibility index (Phi) is 5.72. The number of amides is 2. The highest BCUT2D eigenvalue weighted by Gasteiger charge is 2.15. The van der Waals surface area contributed by atoms with Crippen molar-refractivity contribution in [2.45, 2.75) is 32.2 Å². The second-order valence-electron chi connectivity index (χ2n) is 5.24. The highest BCUT2D eigenvalue weighted by Crippen LogP contribution is 2.23. The van der Waals surface area contributed by atoms with Crippen molar-refractivity contribution >= 4 is 6.03 Å². The first kappa shape index (κ1) is 15.5. The predicted molar refractivity (Wildman–Crippen MR) is 81.8 cm³/mol. The van der Waals surface area contributed by atoms with E-state index < -0.39 is 0 Å². The molecule has 1 saturated heterocycles. The average Bonchev–Trinajstić information content (AvgIpc) is 2.81. The van der Waals surface area contributed by atoms with E-state index in [-0.39, 0.29) is 6.03 Å². The van der Waals surface area contributed by atoms with Crippen molar-refractivity contribution < 1.29 is 14.3 Å². The molecular weight excluding hydrogens is 268 g/mol. The highest BCUT2D eigenvalue weighted by molar-refractivity contribution is 5.74. The predicted octanol–water partition coefficient (Wildman–Crippen LogP) is 2.79. The third kappa shape index (κ3) is 4.28. The number of nitrogens with one attached hydrogen (secondary N) is 1. The van der Waals surface area contributed by atoms with Crippen molar-refractivity contribution in [1.29, 1.82) is 0 Å². The number of carbonyl (C=O) groups excluding carboxylic acids is 1. The first-order valence-electron chi connectivity index (χ1n) is 7.48. The molecule has 1 fully saturated rings. The van der Waals surface area contributed by atoms with Crippen LogP contribution in [-0.2, 0) is 6.54 Å². The summed E-state index contributed by atoms with van der Waals surface area (Å²) in [5, 5.41) is 2.97. The summed E-state index contributed by atoms with van der Waals surface area (Å²) >= 11 is 0. The van der Waals surface area contributed by atoms with E-state index in [1.165, 1.54) is 12.8 Å². The average molecular weight is 292 g/mol. The minimum atomic E-state index is 0.00164. The van der Waals surface area contributed by atoms with Gasteiger partial charge in [0.1, 0.15) is 11.5 Å². The molecule has 0 aromatic heterocycles. The molecule has 5 nitrogen and oxygen atoms in total. The molecule has 0 unspecified atom stereocenters. The van der Waals surface area contributed by atoms with E-state index in [0.29, 0.717) is 6.54 Å². The Morgan fingerprint density at radius 3 is 2.48 bits per heavy atom. The van der Waals surface area contributed by atoms with Crippen LogP contribution in [0.4, 0.5) is 4.79 Å². The van der Waals surface area contributed by atoms with Gasteiger partial charge in [0.05, 0.1) is 14.2 Å². The lowest BCUT2D eigenvalue weighted by Gasteiger charge is -2.21. The molecule has 5 heteroatoms. The second kappa shape index (κ2) is 7.76. The number of hydrogen-bond donors (Lipinski definition) is 1. The largest absolute Gasteiger partial charge is 0.497 e. The summed E-state index contributed by atoms with van der Waals surface area (Å²) in [5.41, 5.74) is 0.917. The van der Waals surface area contributed by atoms with Crippen LogP contribution in [0.5, 0.6) is 11.5 Å². The molecule has 0 spiro atoms. The monoisotopic (exact) mass is 292 g/mol. The van der Waals surface area contributed by atoms with E-state index in [4.69, 9.17) is 9.47 Å². The maximum absolute atomic E-state index is 12.2. The normalized spacial score (nSPS) is 15.2. The van der Waals surface area contributed by atoms with Gasteiger partial charge in [-0.2, -0.15) is 0 Å². The summed E-state index contributed by atoms with van der Waals surface area (Å²) in [6, 6.07) is 5.59. The van der Waals surface area contributed by atoms with Gasteiger partial charge in [0.15, 0.2) is 0 Å². The summed E-state index contributed by atoms with van der Waals surface area (Å²) < 4.78 is 10.5. The minimum Gasteiger partial charge on any atom is -0.497 e. The molecule has 1 N–H and O–H groups in total. The Hall–Kier alpha value is -1.91. The van der Waals surface area contributed by atoms with Gasteiger partial charge in [-0.05, 0) is 31.0 Å². The first-order chi connectivity index (χ1) is 10.2. The number of ether oxygens (including phenoxy) is 2. The third-order valence-corrected chi connectivity index (χ3v) is 3.81. The summed E-state index contributed by atoms with van der Waals surface area (Å²) in [4.78, 5) is 14.1. The molecule has 116 valence electrons. The van der Waals surface area contributed by atoms with E-state index in [1.807, 2.05) is 23.1 Å². The molecule has 0 aliphatic carbocycles. The van der Waals surface area contributed by atoms with Gasteiger partial charge >= 0.3 is 6.03 Å². The van der Waals surface area contributed by atoms with E-state index >= 15 is 0 Å².